The fourth-order valence-electron chi connectivity index (χ4n) is 3.01. The van der Waals surface area contributed by atoms with E-state index in [2.05, 4.69) is 25.2 Å². The summed E-state index contributed by atoms with van der Waals surface area (Å²) in [6, 6.07) is 7.69. The molecule has 0 atom stereocenters. The van der Waals surface area contributed by atoms with E-state index in [0.717, 1.165) is 6.54 Å². The predicted molar refractivity (Wildman–Crippen MR) is 74.3 cm³/mol. The van der Waals surface area contributed by atoms with Crippen LogP contribution in [0.15, 0.2) is 24.3 Å². The molecule has 18 heavy (non-hydrogen) atoms. The average molecular weight is 249 g/mol. The van der Waals surface area contributed by atoms with E-state index in [9.17, 15) is 4.39 Å². The number of hydrogen-bond acceptors (Lipinski definition) is 1. The normalized spacial score (nSPS) is 19.1. The van der Waals surface area contributed by atoms with E-state index >= 15 is 0 Å². The van der Waals surface area contributed by atoms with Gasteiger partial charge in [0.15, 0.2) is 0 Å². The van der Waals surface area contributed by atoms with Crippen molar-refractivity contribution in [3.05, 3.63) is 35.6 Å². The molecule has 1 N–H and O–H groups in total. The highest BCUT2D eigenvalue weighted by atomic mass is 19.1. The second kappa shape index (κ2) is 5.83. The zero-order valence-electron chi connectivity index (χ0n) is 11.5. The minimum atomic E-state index is -0.109. The van der Waals surface area contributed by atoms with Gasteiger partial charge in [0, 0.05) is 18.0 Å². The Morgan fingerprint density at radius 2 is 1.94 bits per heavy atom. The summed E-state index contributed by atoms with van der Waals surface area (Å²) in [7, 11) is 0. The van der Waals surface area contributed by atoms with Crippen LogP contribution in [-0.2, 0) is 5.41 Å². The third-order valence-corrected chi connectivity index (χ3v) is 4.10. The van der Waals surface area contributed by atoms with Crippen molar-refractivity contribution in [3.8, 4) is 0 Å². The quantitative estimate of drug-likeness (QED) is 0.849. The van der Waals surface area contributed by atoms with E-state index in [1.165, 1.54) is 43.7 Å². The molecule has 0 radical (unpaired) electrons. The highest BCUT2D eigenvalue weighted by Gasteiger charge is 2.33. The second-order valence-electron chi connectivity index (χ2n) is 5.89. The molecule has 0 heterocycles. The van der Waals surface area contributed by atoms with Crippen molar-refractivity contribution in [1.82, 2.24) is 5.32 Å². The van der Waals surface area contributed by atoms with E-state index in [-0.39, 0.29) is 11.2 Å². The molecule has 1 aliphatic carbocycles. The number of benzene rings is 1. The summed E-state index contributed by atoms with van der Waals surface area (Å²) >= 11 is 0. The smallest absolute Gasteiger partial charge is 0.123 e. The van der Waals surface area contributed by atoms with Crippen molar-refractivity contribution in [2.45, 2.75) is 57.4 Å². The summed E-state index contributed by atoms with van der Waals surface area (Å²) < 4.78 is 13.5. The molecule has 1 fully saturated rings. The second-order valence-corrected chi connectivity index (χ2v) is 5.89. The Bertz CT molecular complexity index is 380. The largest absolute Gasteiger partial charge is 0.314 e. The number of hydrogen-bond donors (Lipinski definition) is 1. The van der Waals surface area contributed by atoms with Crippen molar-refractivity contribution in [2.24, 2.45) is 0 Å². The first kappa shape index (κ1) is 13.5. The highest BCUT2D eigenvalue weighted by molar-refractivity contribution is 5.27. The summed E-state index contributed by atoms with van der Waals surface area (Å²) in [6.45, 7) is 5.30. The van der Waals surface area contributed by atoms with Crippen LogP contribution in [0.1, 0.15) is 51.5 Å². The number of rotatable bonds is 4. The molecule has 2 heteroatoms. The first-order valence-corrected chi connectivity index (χ1v) is 7.12. The maximum atomic E-state index is 13.5. The molecule has 0 unspecified atom stereocenters. The fraction of sp³-hybridized carbons (Fsp3) is 0.625. The lowest BCUT2D eigenvalue weighted by atomic mass is 9.69. The van der Waals surface area contributed by atoms with Crippen molar-refractivity contribution in [1.29, 1.82) is 0 Å². The molecule has 0 aliphatic heterocycles. The summed E-state index contributed by atoms with van der Waals surface area (Å²) in [4.78, 5) is 0. The number of nitrogens with one attached hydrogen (secondary N) is 1. The van der Waals surface area contributed by atoms with Crippen LogP contribution in [0, 0.1) is 5.82 Å². The standard InChI is InChI=1S/C16H24FN/c1-13(2)18-12-16(9-4-3-5-10-16)14-7-6-8-15(17)11-14/h6-8,11,13,18H,3-5,9-10,12H2,1-2H3. The van der Waals surface area contributed by atoms with Crippen LogP contribution in [0.5, 0.6) is 0 Å². The average Bonchev–Trinajstić information content (AvgIpc) is 2.37. The minimum Gasteiger partial charge on any atom is -0.314 e. The third kappa shape index (κ3) is 3.11. The van der Waals surface area contributed by atoms with Gasteiger partial charge in [0.05, 0.1) is 0 Å². The molecular weight excluding hydrogens is 225 g/mol. The molecule has 1 aliphatic rings. The Balaban J connectivity index is 2.23. The SMILES string of the molecule is CC(C)NCC1(c2cccc(F)c2)CCCCC1. The molecule has 1 aromatic carbocycles. The van der Waals surface area contributed by atoms with Crippen LogP contribution in [0.4, 0.5) is 4.39 Å². The summed E-state index contributed by atoms with van der Waals surface area (Å²) in [6.07, 6.45) is 6.19. The monoisotopic (exact) mass is 249 g/mol. The van der Waals surface area contributed by atoms with Crippen LogP contribution in [0.3, 0.4) is 0 Å². The van der Waals surface area contributed by atoms with Gasteiger partial charge in [-0.3, -0.25) is 0 Å². The third-order valence-electron chi connectivity index (χ3n) is 4.10. The minimum absolute atomic E-state index is 0.109. The van der Waals surface area contributed by atoms with Crippen LogP contribution in [0.25, 0.3) is 0 Å². The molecule has 0 saturated heterocycles. The zero-order chi connectivity index (χ0) is 13.0. The fourth-order valence-corrected chi connectivity index (χ4v) is 3.01. The molecular formula is C16H24FN. The lowest BCUT2D eigenvalue weighted by molar-refractivity contribution is 0.273. The van der Waals surface area contributed by atoms with E-state index in [1.807, 2.05) is 6.07 Å². The van der Waals surface area contributed by atoms with Gasteiger partial charge >= 0.3 is 0 Å². The maximum absolute atomic E-state index is 13.5. The van der Waals surface area contributed by atoms with E-state index < -0.39 is 0 Å². The van der Waals surface area contributed by atoms with Gasteiger partial charge in [-0.2, -0.15) is 0 Å². The molecule has 1 aromatic rings. The highest BCUT2D eigenvalue weighted by Crippen LogP contribution is 2.39. The lowest BCUT2D eigenvalue weighted by Gasteiger charge is -2.39. The van der Waals surface area contributed by atoms with Crippen molar-refractivity contribution in [3.63, 3.8) is 0 Å². The molecule has 100 valence electrons. The Labute approximate surface area is 110 Å². The predicted octanol–water partition coefficient (Wildman–Crippen LogP) is 4.03. The van der Waals surface area contributed by atoms with Gasteiger partial charge in [0.1, 0.15) is 5.82 Å². The summed E-state index contributed by atoms with van der Waals surface area (Å²) in [5.74, 6) is -0.109. The van der Waals surface area contributed by atoms with Gasteiger partial charge in [-0.05, 0) is 30.5 Å². The first-order valence-electron chi connectivity index (χ1n) is 7.12. The van der Waals surface area contributed by atoms with Crippen LogP contribution < -0.4 is 5.32 Å². The Morgan fingerprint density at radius 3 is 2.56 bits per heavy atom. The maximum Gasteiger partial charge on any atom is 0.123 e. The molecule has 0 aromatic heterocycles. The lowest BCUT2D eigenvalue weighted by Crippen LogP contribution is -2.42. The summed E-state index contributed by atoms with van der Waals surface area (Å²) in [5, 5.41) is 3.55. The molecule has 2 rings (SSSR count). The molecule has 1 nitrogen and oxygen atoms in total. The van der Waals surface area contributed by atoms with Crippen LogP contribution in [0.2, 0.25) is 0 Å². The van der Waals surface area contributed by atoms with Crippen LogP contribution in [-0.4, -0.2) is 12.6 Å². The van der Waals surface area contributed by atoms with Gasteiger partial charge in [0.2, 0.25) is 0 Å². The molecule has 0 amide bonds. The van der Waals surface area contributed by atoms with E-state index in [0.29, 0.717) is 6.04 Å². The summed E-state index contributed by atoms with van der Waals surface area (Å²) in [5.41, 5.74) is 1.32. The Kier molecular flexibility index (Phi) is 4.39. The van der Waals surface area contributed by atoms with Gasteiger partial charge in [-0.1, -0.05) is 45.2 Å². The number of halogens is 1. The van der Waals surface area contributed by atoms with E-state index in [1.54, 1.807) is 6.07 Å². The molecule has 0 bridgehead atoms. The van der Waals surface area contributed by atoms with Crippen LogP contribution >= 0.6 is 0 Å². The Morgan fingerprint density at radius 1 is 1.22 bits per heavy atom. The Hall–Kier alpha value is -0.890. The topological polar surface area (TPSA) is 12.0 Å². The van der Waals surface area contributed by atoms with Crippen molar-refractivity contribution >= 4 is 0 Å². The van der Waals surface area contributed by atoms with Gasteiger partial charge in [-0.25, -0.2) is 4.39 Å². The van der Waals surface area contributed by atoms with Gasteiger partial charge in [-0.15, -0.1) is 0 Å². The molecule has 0 spiro atoms. The molecule has 1 saturated carbocycles. The van der Waals surface area contributed by atoms with Crippen molar-refractivity contribution < 1.29 is 4.39 Å². The van der Waals surface area contributed by atoms with Gasteiger partial charge in [0.25, 0.3) is 0 Å². The zero-order valence-corrected chi connectivity index (χ0v) is 11.5. The van der Waals surface area contributed by atoms with Crippen molar-refractivity contribution in [2.75, 3.05) is 6.54 Å². The van der Waals surface area contributed by atoms with E-state index in [4.69, 9.17) is 0 Å². The first-order chi connectivity index (χ1) is 8.62. The van der Waals surface area contributed by atoms with Gasteiger partial charge < -0.3 is 5.32 Å².